The number of carbonyl (C=O) groups is 1. The molecule has 3 rings (SSSR count). The van der Waals surface area contributed by atoms with Gasteiger partial charge in [0, 0.05) is 19.5 Å². The maximum Gasteiger partial charge on any atom is 0.224 e. The van der Waals surface area contributed by atoms with E-state index in [1.54, 1.807) is 11.0 Å². The zero-order valence-electron chi connectivity index (χ0n) is 11.9. The number of hydrogen-bond donors (Lipinski definition) is 1. The third kappa shape index (κ3) is 4.49. The molecular weight excluding hydrogens is 262 g/mol. The van der Waals surface area contributed by atoms with Gasteiger partial charge in [-0.1, -0.05) is 60.7 Å². The fraction of sp³-hybridized carbons (Fsp3) is 0.167. The third-order valence-electron chi connectivity index (χ3n) is 3.26. The van der Waals surface area contributed by atoms with Gasteiger partial charge in [0.1, 0.15) is 0 Å². The van der Waals surface area contributed by atoms with Crippen molar-refractivity contribution in [3.63, 3.8) is 0 Å². The summed E-state index contributed by atoms with van der Waals surface area (Å²) >= 11 is 0. The Morgan fingerprint density at radius 1 is 0.952 bits per heavy atom. The lowest BCUT2D eigenvalue weighted by Gasteiger charge is -2.28. The summed E-state index contributed by atoms with van der Waals surface area (Å²) in [4.78, 5) is 12.2. The molecule has 0 saturated carbocycles. The lowest BCUT2D eigenvalue weighted by atomic mass is 10.1. The normalized spacial score (nSPS) is 13.5. The summed E-state index contributed by atoms with van der Waals surface area (Å²) in [7, 11) is 0. The average molecular weight is 281 g/mol. The zero-order valence-corrected chi connectivity index (χ0v) is 11.9. The fourth-order valence-corrected chi connectivity index (χ4v) is 1.99. The van der Waals surface area contributed by atoms with E-state index in [-0.39, 0.29) is 5.91 Å². The van der Waals surface area contributed by atoms with Crippen molar-refractivity contribution in [3.8, 4) is 11.1 Å². The number of amides is 1. The second-order valence-corrected chi connectivity index (χ2v) is 4.71. The molecule has 21 heavy (non-hydrogen) atoms. The smallest absolute Gasteiger partial charge is 0.224 e. The third-order valence-corrected chi connectivity index (χ3v) is 3.26. The van der Waals surface area contributed by atoms with Crippen LogP contribution >= 0.6 is 0 Å². The van der Waals surface area contributed by atoms with Gasteiger partial charge in [0.05, 0.1) is 6.26 Å². The Bertz CT molecular complexity index is 541. The SMILES string of the molecule is O=C1CCN1CC=CO.c1ccc(-c2ccccc2)cc1. The Hall–Kier alpha value is -2.55. The summed E-state index contributed by atoms with van der Waals surface area (Å²) in [6.07, 6.45) is 3.18. The second-order valence-electron chi connectivity index (χ2n) is 4.71. The van der Waals surface area contributed by atoms with Gasteiger partial charge in [-0.3, -0.25) is 4.79 Å². The monoisotopic (exact) mass is 281 g/mol. The van der Waals surface area contributed by atoms with E-state index in [9.17, 15) is 4.79 Å². The molecular formula is C18H19NO2. The standard InChI is InChI=1S/C12H10.C6H9NO2/c1-3-7-11(8-4-1)12-9-5-2-6-10-12;8-5-1-3-7-4-2-6(7)9/h1-10H;1,5,8H,2-4H2. The molecule has 0 aromatic heterocycles. The average Bonchev–Trinajstić information content (AvgIpc) is 2.56. The minimum atomic E-state index is 0.174. The van der Waals surface area contributed by atoms with Gasteiger partial charge in [-0.25, -0.2) is 0 Å². The summed E-state index contributed by atoms with van der Waals surface area (Å²) in [6.45, 7) is 1.39. The summed E-state index contributed by atoms with van der Waals surface area (Å²) in [5.41, 5.74) is 2.55. The van der Waals surface area contributed by atoms with E-state index in [0.717, 1.165) is 12.8 Å². The molecule has 2 aromatic rings. The van der Waals surface area contributed by atoms with Crippen molar-refractivity contribution in [1.29, 1.82) is 0 Å². The molecule has 3 nitrogen and oxygen atoms in total. The van der Waals surface area contributed by atoms with Gasteiger partial charge < -0.3 is 10.0 Å². The number of aliphatic hydroxyl groups excluding tert-OH is 1. The molecule has 0 unspecified atom stereocenters. The Morgan fingerprint density at radius 3 is 1.81 bits per heavy atom. The number of rotatable bonds is 3. The highest BCUT2D eigenvalue weighted by atomic mass is 16.2. The first kappa shape index (κ1) is 14.9. The van der Waals surface area contributed by atoms with Crippen LogP contribution in [0.2, 0.25) is 0 Å². The van der Waals surface area contributed by atoms with E-state index in [2.05, 4.69) is 48.5 Å². The van der Waals surface area contributed by atoms with Gasteiger partial charge in [0.2, 0.25) is 5.91 Å². The number of aliphatic hydroxyl groups is 1. The van der Waals surface area contributed by atoms with Crippen LogP contribution in [0.1, 0.15) is 6.42 Å². The maximum absolute atomic E-state index is 10.5. The van der Waals surface area contributed by atoms with Crippen molar-refractivity contribution in [2.75, 3.05) is 13.1 Å². The number of benzene rings is 2. The van der Waals surface area contributed by atoms with Gasteiger partial charge >= 0.3 is 0 Å². The topological polar surface area (TPSA) is 40.5 Å². The molecule has 1 aliphatic rings. The van der Waals surface area contributed by atoms with E-state index < -0.39 is 0 Å². The molecule has 1 fully saturated rings. The first-order valence-electron chi connectivity index (χ1n) is 6.98. The Kier molecular flexibility index (Phi) is 5.59. The van der Waals surface area contributed by atoms with Crippen LogP contribution in [-0.2, 0) is 4.79 Å². The summed E-state index contributed by atoms with van der Waals surface area (Å²) in [5, 5.41) is 8.20. The van der Waals surface area contributed by atoms with E-state index in [4.69, 9.17) is 5.11 Å². The minimum absolute atomic E-state index is 0.174. The molecule has 3 heteroatoms. The van der Waals surface area contributed by atoms with E-state index in [0.29, 0.717) is 13.0 Å². The van der Waals surface area contributed by atoms with E-state index in [1.807, 2.05) is 12.1 Å². The Morgan fingerprint density at radius 2 is 1.48 bits per heavy atom. The number of likely N-dealkylation sites (tertiary alicyclic amines) is 1. The first-order valence-corrected chi connectivity index (χ1v) is 6.98. The van der Waals surface area contributed by atoms with Gasteiger partial charge in [-0.2, -0.15) is 0 Å². The van der Waals surface area contributed by atoms with Gasteiger partial charge in [-0.15, -0.1) is 0 Å². The van der Waals surface area contributed by atoms with Crippen molar-refractivity contribution in [2.24, 2.45) is 0 Å². The van der Waals surface area contributed by atoms with Crippen molar-refractivity contribution in [1.82, 2.24) is 4.90 Å². The Labute approximate surface area is 125 Å². The van der Waals surface area contributed by atoms with Crippen molar-refractivity contribution in [2.45, 2.75) is 6.42 Å². The molecule has 0 bridgehead atoms. The maximum atomic E-state index is 10.5. The second kappa shape index (κ2) is 7.90. The van der Waals surface area contributed by atoms with Crippen LogP contribution < -0.4 is 0 Å². The van der Waals surface area contributed by atoms with Crippen LogP contribution in [0.5, 0.6) is 0 Å². The highest BCUT2D eigenvalue weighted by molar-refractivity contribution is 5.81. The van der Waals surface area contributed by atoms with Crippen LogP contribution in [0.4, 0.5) is 0 Å². The lowest BCUT2D eigenvalue weighted by Crippen LogP contribution is -2.43. The van der Waals surface area contributed by atoms with Crippen LogP contribution in [-0.4, -0.2) is 29.0 Å². The molecule has 1 aliphatic heterocycles. The summed E-state index contributed by atoms with van der Waals surface area (Å²) in [5.74, 6) is 0.174. The zero-order chi connectivity index (χ0) is 14.9. The van der Waals surface area contributed by atoms with Gasteiger partial charge in [0.15, 0.2) is 0 Å². The fourth-order valence-electron chi connectivity index (χ4n) is 1.99. The molecule has 1 amide bonds. The molecule has 0 aliphatic carbocycles. The van der Waals surface area contributed by atoms with Crippen molar-refractivity contribution < 1.29 is 9.90 Å². The van der Waals surface area contributed by atoms with Crippen LogP contribution in [0, 0.1) is 0 Å². The predicted molar refractivity (Wildman–Crippen MR) is 84.8 cm³/mol. The molecule has 1 N–H and O–H groups in total. The molecule has 0 atom stereocenters. The van der Waals surface area contributed by atoms with Crippen LogP contribution in [0.25, 0.3) is 11.1 Å². The molecule has 1 heterocycles. The number of nitrogens with zero attached hydrogens (tertiary/aromatic N) is 1. The quantitative estimate of drug-likeness (QED) is 0.689. The molecule has 0 spiro atoms. The van der Waals surface area contributed by atoms with Crippen LogP contribution in [0.3, 0.4) is 0 Å². The lowest BCUT2D eigenvalue weighted by molar-refractivity contribution is -0.138. The predicted octanol–water partition coefficient (Wildman–Crippen LogP) is 3.64. The summed E-state index contributed by atoms with van der Waals surface area (Å²) < 4.78 is 0. The van der Waals surface area contributed by atoms with E-state index >= 15 is 0 Å². The molecule has 1 saturated heterocycles. The largest absolute Gasteiger partial charge is 0.516 e. The first-order chi connectivity index (χ1) is 10.3. The van der Waals surface area contributed by atoms with Crippen LogP contribution in [0.15, 0.2) is 73.0 Å². The Balaban J connectivity index is 0.000000161. The van der Waals surface area contributed by atoms with Gasteiger partial charge in [0.25, 0.3) is 0 Å². The number of hydrogen-bond acceptors (Lipinski definition) is 2. The van der Waals surface area contributed by atoms with E-state index in [1.165, 1.54) is 11.1 Å². The summed E-state index contributed by atoms with van der Waals surface area (Å²) in [6, 6.07) is 20.8. The highest BCUT2D eigenvalue weighted by Gasteiger charge is 2.21. The highest BCUT2D eigenvalue weighted by Crippen LogP contribution is 2.17. The molecule has 2 aromatic carbocycles. The van der Waals surface area contributed by atoms with Gasteiger partial charge in [-0.05, 0) is 17.2 Å². The number of β-lactam (4-membered cyclic amide) rings is 1. The van der Waals surface area contributed by atoms with Crippen molar-refractivity contribution in [3.05, 3.63) is 73.0 Å². The molecule has 0 radical (unpaired) electrons. The number of carbonyl (C=O) groups excluding carboxylic acids is 1. The molecule has 108 valence electrons. The minimum Gasteiger partial charge on any atom is -0.516 e. The van der Waals surface area contributed by atoms with Crippen molar-refractivity contribution >= 4 is 5.91 Å².